The Bertz CT molecular complexity index is 1240. The highest BCUT2D eigenvalue weighted by molar-refractivity contribution is 7.10. The zero-order chi connectivity index (χ0) is 23.2. The van der Waals surface area contributed by atoms with Gasteiger partial charge in [0.25, 0.3) is 5.91 Å². The largest absolute Gasteiger partial charge is 0.348 e. The lowest BCUT2D eigenvalue weighted by molar-refractivity contribution is -0.131. The maximum atomic E-state index is 13.4. The minimum absolute atomic E-state index is 0.212. The molecule has 2 aliphatic rings. The monoisotopic (exact) mass is 461 g/mol. The van der Waals surface area contributed by atoms with Gasteiger partial charge in [0, 0.05) is 33.9 Å². The molecule has 170 valence electrons. The zero-order valence-corrected chi connectivity index (χ0v) is 19.7. The Morgan fingerprint density at radius 1 is 1.15 bits per heavy atom. The minimum atomic E-state index is -1.02. The quantitative estimate of drug-likeness (QED) is 0.438. The molecule has 1 N–H and O–H groups in total. The Kier molecular flexibility index (Phi) is 5.44. The average Bonchev–Trinajstić information content (AvgIpc) is 3.46. The number of imide groups is 1. The smallest absolute Gasteiger partial charge is 0.325 e. The van der Waals surface area contributed by atoms with Gasteiger partial charge in [-0.3, -0.25) is 14.5 Å². The SMILES string of the molecule is Cc1cc(C(=O)CN2C(=O)NC3(CCCc4sccc43)C2=O)c(C)n1CCc1ccccc1. The van der Waals surface area contributed by atoms with E-state index in [4.69, 9.17) is 0 Å². The van der Waals surface area contributed by atoms with E-state index in [9.17, 15) is 14.4 Å². The minimum Gasteiger partial charge on any atom is -0.348 e. The lowest BCUT2D eigenvalue weighted by Gasteiger charge is -2.31. The molecule has 3 aromatic rings. The molecule has 1 aliphatic carbocycles. The summed E-state index contributed by atoms with van der Waals surface area (Å²) >= 11 is 1.62. The number of carbonyl (C=O) groups is 3. The molecule has 1 saturated heterocycles. The van der Waals surface area contributed by atoms with Crippen LogP contribution in [0.5, 0.6) is 0 Å². The number of nitrogens with one attached hydrogen (secondary N) is 1. The number of amides is 3. The summed E-state index contributed by atoms with van der Waals surface area (Å²) < 4.78 is 2.13. The van der Waals surface area contributed by atoms with Gasteiger partial charge in [-0.15, -0.1) is 11.3 Å². The lowest BCUT2D eigenvalue weighted by Crippen LogP contribution is -2.46. The Morgan fingerprint density at radius 3 is 2.73 bits per heavy atom. The summed E-state index contributed by atoms with van der Waals surface area (Å²) in [5.41, 5.74) is 3.55. The third-order valence-electron chi connectivity index (χ3n) is 6.98. The van der Waals surface area contributed by atoms with Gasteiger partial charge in [-0.25, -0.2) is 4.79 Å². The molecule has 5 rings (SSSR count). The second-order valence-corrected chi connectivity index (χ2v) is 9.93. The molecule has 1 aliphatic heterocycles. The molecule has 6 nitrogen and oxygen atoms in total. The van der Waals surface area contributed by atoms with Crippen LogP contribution in [0, 0.1) is 13.8 Å². The third kappa shape index (κ3) is 3.60. The van der Waals surface area contributed by atoms with Crippen LogP contribution in [0.15, 0.2) is 47.8 Å². The molecule has 3 amide bonds. The van der Waals surface area contributed by atoms with Gasteiger partial charge in [0.2, 0.25) is 0 Å². The van der Waals surface area contributed by atoms with E-state index in [0.717, 1.165) is 52.5 Å². The van der Waals surface area contributed by atoms with Crippen LogP contribution in [0.3, 0.4) is 0 Å². The van der Waals surface area contributed by atoms with E-state index in [0.29, 0.717) is 12.0 Å². The number of rotatable bonds is 6. The molecule has 1 unspecified atom stereocenters. The van der Waals surface area contributed by atoms with Crippen molar-refractivity contribution in [3.8, 4) is 0 Å². The summed E-state index contributed by atoms with van der Waals surface area (Å²) in [4.78, 5) is 41.7. The van der Waals surface area contributed by atoms with Crippen molar-refractivity contribution in [2.75, 3.05) is 6.54 Å². The highest BCUT2D eigenvalue weighted by Crippen LogP contribution is 2.42. The van der Waals surface area contributed by atoms with E-state index in [2.05, 4.69) is 22.0 Å². The fraction of sp³-hybridized carbons (Fsp3) is 0.346. The highest BCUT2D eigenvalue weighted by atomic mass is 32.1. The molecule has 2 aromatic heterocycles. The van der Waals surface area contributed by atoms with Crippen molar-refractivity contribution in [2.24, 2.45) is 0 Å². The topological polar surface area (TPSA) is 71.4 Å². The number of urea groups is 1. The van der Waals surface area contributed by atoms with E-state index in [1.54, 1.807) is 11.3 Å². The van der Waals surface area contributed by atoms with Gasteiger partial charge in [-0.1, -0.05) is 30.3 Å². The molecule has 1 spiro atoms. The first-order valence-corrected chi connectivity index (χ1v) is 12.2. The summed E-state index contributed by atoms with van der Waals surface area (Å²) in [6, 6.07) is 13.6. The number of ketones is 1. The van der Waals surface area contributed by atoms with E-state index in [1.165, 1.54) is 5.56 Å². The van der Waals surface area contributed by atoms with Gasteiger partial charge in [-0.05, 0) is 62.6 Å². The molecule has 1 fully saturated rings. The van der Waals surface area contributed by atoms with Crippen LogP contribution >= 0.6 is 11.3 Å². The number of nitrogens with zero attached hydrogens (tertiary/aromatic N) is 2. The highest BCUT2D eigenvalue weighted by Gasteiger charge is 2.54. The predicted molar refractivity (Wildman–Crippen MR) is 128 cm³/mol. The van der Waals surface area contributed by atoms with E-state index in [-0.39, 0.29) is 18.2 Å². The van der Waals surface area contributed by atoms with Crippen LogP contribution < -0.4 is 5.32 Å². The van der Waals surface area contributed by atoms with E-state index >= 15 is 0 Å². The fourth-order valence-electron chi connectivity index (χ4n) is 5.23. The van der Waals surface area contributed by atoms with Crippen LogP contribution in [0.1, 0.15) is 50.6 Å². The molecule has 0 radical (unpaired) electrons. The lowest BCUT2D eigenvalue weighted by atomic mass is 9.80. The normalized spacial score (nSPS) is 19.8. The Balaban J connectivity index is 1.34. The maximum absolute atomic E-state index is 13.4. The Hall–Kier alpha value is -3.19. The van der Waals surface area contributed by atoms with E-state index < -0.39 is 11.6 Å². The van der Waals surface area contributed by atoms with Crippen LogP contribution in [0.4, 0.5) is 4.79 Å². The summed E-state index contributed by atoms with van der Waals surface area (Å²) in [7, 11) is 0. The fourth-order valence-corrected chi connectivity index (χ4v) is 6.23. The van der Waals surface area contributed by atoms with Crippen LogP contribution in [0.2, 0.25) is 0 Å². The number of Topliss-reactive ketones (excluding diaryl/α,β-unsaturated/α-hetero) is 1. The second kappa shape index (κ2) is 8.30. The molecule has 3 heterocycles. The first-order chi connectivity index (χ1) is 15.9. The third-order valence-corrected chi connectivity index (χ3v) is 7.96. The van der Waals surface area contributed by atoms with Crippen molar-refractivity contribution in [1.29, 1.82) is 0 Å². The average molecular weight is 462 g/mol. The number of fused-ring (bicyclic) bond motifs is 2. The predicted octanol–water partition coefficient (Wildman–Crippen LogP) is 4.38. The molecule has 33 heavy (non-hydrogen) atoms. The molecular weight excluding hydrogens is 434 g/mol. The number of carbonyl (C=O) groups excluding carboxylic acids is 3. The van der Waals surface area contributed by atoms with Crippen molar-refractivity contribution in [1.82, 2.24) is 14.8 Å². The van der Waals surface area contributed by atoms with Crippen LogP contribution in [-0.4, -0.2) is 33.7 Å². The van der Waals surface area contributed by atoms with Gasteiger partial charge >= 0.3 is 6.03 Å². The van der Waals surface area contributed by atoms with Crippen molar-refractivity contribution < 1.29 is 14.4 Å². The Labute approximate surface area is 197 Å². The number of thiophene rings is 1. The standard InChI is InChI=1S/C26H27N3O3S/c1-17-15-20(18(2)28(17)13-10-19-7-4-3-5-8-19)22(30)16-29-24(31)26(27-25(29)32)12-6-9-23-21(26)11-14-33-23/h3-5,7-8,11,14-15H,6,9-10,12-13,16H2,1-2H3,(H,27,32). The van der Waals surface area contributed by atoms with Gasteiger partial charge in [0.1, 0.15) is 5.54 Å². The van der Waals surface area contributed by atoms with Gasteiger partial charge in [-0.2, -0.15) is 0 Å². The number of benzene rings is 1. The summed E-state index contributed by atoms with van der Waals surface area (Å²) in [5.74, 6) is -0.519. The van der Waals surface area contributed by atoms with Crippen molar-refractivity contribution >= 4 is 29.1 Å². The Morgan fingerprint density at radius 2 is 1.94 bits per heavy atom. The number of hydrogen-bond donors (Lipinski definition) is 1. The maximum Gasteiger partial charge on any atom is 0.325 e. The van der Waals surface area contributed by atoms with Crippen LogP contribution in [0.25, 0.3) is 0 Å². The van der Waals surface area contributed by atoms with Gasteiger partial charge in [0.05, 0.1) is 6.54 Å². The summed E-state index contributed by atoms with van der Waals surface area (Å²) in [6.07, 6.45) is 3.19. The molecule has 7 heteroatoms. The van der Waals surface area contributed by atoms with E-state index in [1.807, 2.05) is 49.6 Å². The van der Waals surface area contributed by atoms with Crippen molar-refractivity contribution in [3.05, 3.63) is 80.8 Å². The van der Waals surface area contributed by atoms with Crippen LogP contribution in [-0.2, 0) is 29.7 Å². The van der Waals surface area contributed by atoms with Crippen molar-refractivity contribution in [3.63, 3.8) is 0 Å². The first-order valence-electron chi connectivity index (χ1n) is 11.4. The molecule has 1 aromatic carbocycles. The molecule has 0 saturated carbocycles. The number of aromatic nitrogens is 1. The summed E-state index contributed by atoms with van der Waals surface area (Å²) in [6.45, 7) is 4.44. The second-order valence-electron chi connectivity index (χ2n) is 8.93. The van der Waals surface area contributed by atoms with Gasteiger partial charge in [0.15, 0.2) is 5.78 Å². The van der Waals surface area contributed by atoms with Gasteiger partial charge < -0.3 is 9.88 Å². The van der Waals surface area contributed by atoms with Crippen molar-refractivity contribution in [2.45, 2.75) is 51.6 Å². The molecule has 1 atom stereocenters. The summed E-state index contributed by atoms with van der Waals surface area (Å²) in [5, 5.41) is 4.89. The molecular formula is C26H27N3O3S. The number of aryl methyl sites for hydroxylation is 3. The first kappa shape index (κ1) is 21.6. The number of hydrogen-bond acceptors (Lipinski definition) is 4. The zero-order valence-electron chi connectivity index (χ0n) is 18.9. The molecule has 0 bridgehead atoms.